The molecule has 21 rings (SSSR count). The van der Waals surface area contributed by atoms with Crippen LogP contribution in [0.2, 0.25) is 0 Å². The van der Waals surface area contributed by atoms with Crippen LogP contribution >= 0.6 is 0 Å². The van der Waals surface area contributed by atoms with Crippen LogP contribution in [0, 0.1) is 137 Å². The largest absolute Gasteiger partial charge is 0.203 e. The van der Waals surface area contributed by atoms with Crippen LogP contribution in [0.1, 0.15) is 229 Å². The highest BCUT2D eigenvalue weighted by atomic mass is 19.2. The Morgan fingerprint density at radius 1 is 0.132 bits per heavy atom. The van der Waals surface area contributed by atoms with Crippen LogP contribution in [0.15, 0.2) is 279 Å². The zero-order chi connectivity index (χ0) is 96.1. The second-order valence-corrected chi connectivity index (χ2v) is 37.4. The van der Waals surface area contributed by atoms with E-state index in [1.165, 1.54) is 149 Å². The molecule has 0 atom stereocenters. The van der Waals surface area contributed by atoms with Gasteiger partial charge in [-0.3, -0.25) is 0 Å². The Kier molecular flexibility index (Phi) is 32.0. The first-order valence-corrected chi connectivity index (χ1v) is 47.5. The lowest BCUT2D eigenvalue weighted by atomic mass is 9.80. The second kappa shape index (κ2) is 44.4. The van der Waals surface area contributed by atoms with E-state index in [0.29, 0.717) is 113 Å². The first-order valence-electron chi connectivity index (χ1n) is 47.5. The summed E-state index contributed by atoms with van der Waals surface area (Å²) in [6.07, 6.45) is 22.7. The highest BCUT2D eigenvalue weighted by Crippen LogP contribution is 2.46. The molecule has 0 aromatic heterocycles. The number of hydrogen-bond acceptors (Lipinski definition) is 0. The summed E-state index contributed by atoms with van der Waals surface area (Å²) in [7, 11) is 0. The van der Waals surface area contributed by atoms with Crippen LogP contribution in [0.5, 0.6) is 0 Å². The Hall–Kier alpha value is -12.7. The quantitative estimate of drug-likeness (QED) is 0.0952. The molecule has 0 heterocycles. The van der Waals surface area contributed by atoms with Gasteiger partial charge in [-0.2, -0.15) is 0 Å². The van der Waals surface area contributed by atoms with E-state index in [1.807, 2.05) is 159 Å². The highest BCUT2D eigenvalue weighted by molar-refractivity contribution is 5.74. The maximum Gasteiger partial charge on any atom is 0.167 e. The van der Waals surface area contributed by atoms with E-state index in [-0.39, 0.29) is 11.1 Å². The minimum Gasteiger partial charge on any atom is -0.203 e. The molecule has 15 aromatic rings. The van der Waals surface area contributed by atoms with Crippen molar-refractivity contribution in [3.8, 4) is 89.0 Å². The van der Waals surface area contributed by atoms with Gasteiger partial charge in [0, 0.05) is 44.5 Å². The molecule has 0 radical (unpaired) electrons. The summed E-state index contributed by atoms with van der Waals surface area (Å²) < 4.78 is 194. The Bertz CT molecular complexity index is 6230. The van der Waals surface area contributed by atoms with Gasteiger partial charge in [-0.25, -0.2) is 61.5 Å². The van der Waals surface area contributed by atoms with Gasteiger partial charge in [0.05, 0.1) is 0 Å². The minimum atomic E-state index is -0.804. The standard InChI is InChI=1S/C20H16F2.2C18H18F2.2C17H16F2.2C16H14F2/c1-13-3-7-15(8-4-13)17-11-12-18(20(22)19(17)21)16-9-5-14(2)6-10-16;2*1-12-6-11-16(18(20)17(12)19)15-9-7-14(8-10-15)13-4-2-3-5-13;2*1-11-5-10-15(17(19)16(11)18)14-8-6-13(7-9-14)12-3-2-4-12;2*1-10-2-9-14(16(18)15(10)17)13-7-5-12(6-8-13)11-3-4-11/h3-12H,1-2H3;2*6-11,13H,2-5H2,1H3;2*5-10,12H,2-4H2,1H3;2*2,5-9,11H,3-4H2,1H3. The first-order chi connectivity index (χ1) is 65.5. The number of hydrogen-bond donors (Lipinski definition) is 0. The minimum absolute atomic E-state index is 0.286. The fourth-order valence-electron chi connectivity index (χ4n) is 18.1. The van der Waals surface area contributed by atoms with E-state index in [1.54, 1.807) is 151 Å². The van der Waals surface area contributed by atoms with Crippen molar-refractivity contribution in [1.82, 2.24) is 0 Å². The third-order valence-electron chi connectivity index (χ3n) is 27.7. The Morgan fingerprint density at radius 2 is 0.257 bits per heavy atom. The third-order valence-corrected chi connectivity index (χ3v) is 27.7. The van der Waals surface area contributed by atoms with Crippen LogP contribution in [0.4, 0.5) is 61.5 Å². The zero-order valence-electron chi connectivity index (χ0n) is 78.0. The first kappa shape index (κ1) is 97.9. The normalized spacial score (nSPS) is 14.6. The number of rotatable bonds is 14. The third kappa shape index (κ3) is 23.3. The molecule has 698 valence electrons. The van der Waals surface area contributed by atoms with Crippen molar-refractivity contribution in [3.05, 3.63) is 438 Å². The molecule has 0 N–H and O–H groups in total. The molecule has 0 spiro atoms. The summed E-state index contributed by atoms with van der Waals surface area (Å²) in [5.74, 6) is -6.66. The lowest BCUT2D eigenvalue weighted by Gasteiger charge is -2.25. The van der Waals surface area contributed by atoms with Crippen molar-refractivity contribution in [2.45, 2.75) is 206 Å². The van der Waals surface area contributed by atoms with E-state index in [4.69, 9.17) is 0 Å². The molecule has 136 heavy (non-hydrogen) atoms. The molecular formula is C122H112F14. The zero-order valence-corrected chi connectivity index (χ0v) is 78.0. The SMILES string of the molecule is Cc1ccc(-c2ccc(-c3ccc(C)cc3)c(F)c2F)cc1.Cc1ccc(-c2ccc(C3CC3)cc2)c(F)c1F.Cc1ccc(-c2ccc(C3CC3)cc2)c(F)c1F.Cc1ccc(-c2ccc(C3CCC3)cc2)c(F)c1F.Cc1ccc(-c2ccc(C3CCC3)cc2)c(F)c1F.Cc1ccc(-c2ccc(C3CCCC3)cc2)c(F)c1F.Cc1ccc(-c2ccc(C3CCCC3)cc2)c(F)c1F. The fraction of sp³-hybridized carbons (Fsp3) is 0.262. The summed E-state index contributed by atoms with van der Waals surface area (Å²) in [6, 6.07) is 84.8. The number of benzene rings is 15. The van der Waals surface area contributed by atoms with Crippen LogP contribution in [0.25, 0.3) is 89.0 Å². The van der Waals surface area contributed by atoms with Gasteiger partial charge in [0.2, 0.25) is 0 Å². The second-order valence-electron chi connectivity index (χ2n) is 37.4. The lowest BCUT2D eigenvalue weighted by molar-refractivity contribution is 0.420. The van der Waals surface area contributed by atoms with Crippen LogP contribution < -0.4 is 0 Å². The van der Waals surface area contributed by atoms with Gasteiger partial charge < -0.3 is 0 Å². The van der Waals surface area contributed by atoms with Crippen LogP contribution in [-0.4, -0.2) is 0 Å². The van der Waals surface area contributed by atoms with Crippen molar-refractivity contribution in [3.63, 3.8) is 0 Å². The van der Waals surface area contributed by atoms with Gasteiger partial charge in [0.25, 0.3) is 0 Å². The van der Waals surface area contributed by atoms with Gasteiger partial charge >= 0.3 is 0 Å². The average molecular weight is 1840 g/mol. The van der Waals surface area contributed by atoms with Crippen molar-refractivity contribution >= 4 is 0 Å². The maximum absolute atomic E-state index is 14.4. The lowest BCUT2D eigenvalue weighted by Crippen LogP contribution is -2.08. The molecule has 0 nitrogen and oxygen atoms in total. The summed E-state index contributed by atoms with van der Waals surface area (Å²) >= 11 is 0. The molecule has 6 fully saturated rings. The Labute approximate surface area is 790 Å². The smallest absolute Gasteiger partial charge is 0.167 e. The van der Waals surface area contributed by atoms with Gasteiger partial charge in [0.15, 0.2) is 81.4 Å². The van der Waals surface area contributed by atoms with Crippen molar-refractivity contribution in [1.29, 1.82) is 0 Å². The molecule has 6 saturated carbocycles. The summed E-state index contributed by atoms with van der Waals surface area (Å²) in [5, 5.41) is 0. The summed E-state index contributed by atoms with van der Waals surface area (Å²) in [6.45, 7) is 13.3. The van der Waals surface area contributed by atoms with Gasteiger partial charge in [-0.15, -0.1) is 0 Å². The molecule has 0 aliphatic heterocycles. The predicted octanol–water partition coefficient (Wildman–Crippen LogP) is 37.2. The van der Waals surface area contributed by atoms with Gasteiger partial charge in [-0.05, 0) is 279 Å². The molecule has 15 aromatic carbocycles. The Morgan fingerprint density at radius 3 is 0.397 bits per heavy atom. The van der Waals surface area contributed by atoms with Gasteiger partial charge in [-0.1, -0.05) is 329 Å². The van der Waals surface area contributed by atoms with Crippen molar-refractivity contribution in [2.24, 2.45) is 0 Å². The summed E-state index contributed by atoms with van der Waals surface area (Å²) in [5.41, 5.74) is 20.4. The van der Waals surface area contributed by atoms with Crippen LogP contribution in [0.3, 0.4) is 0 Å². The topological polar surface area (TPSA) is 0 Å². The fourth-order valence-corrected chi connectivity index (χ4v) is 18.1. The van der Waals surface area contributed by atoms with E-state index in [2.05, 4.69) is 24.3 Å². The molecule has 6 aliphatic rings. The van der Waals surface area contributed by atoms with Crippen molar-refractivity contribution < 1.29 is 61.5 Å². The molecular weight excluding hydrogens is 1730 g/mol. The van der Waals surface area contributed by atoms with Crippen molar-refractivity contribution in [2.75, 3.05) is 0 Å². The van der Waals surface area contributed by atoms with Gasteiger partial charge in [0.1, 0.15) is 0 Å². The maximum atomic E-state index is 14.4. The molecule has 0 bridgehead atoms. The van der Waals surface area contributed by atoms with Crippen LogP contribution in [-0.2, 0) is 0 Å². The molecule has 0 unspecified atom stereocenters. The number of halogens is 14. The molecule has 14 heteroatoms. The van der Waals surface area contributed by atoms with E-state index in [0.717, 1.165) is 44.5 Å². The molecule has 6 aliphatic carbocycles. The average Bonchev–Trinajstić information content (AvgIpc) is 1.24. The Balaban J connectivity index is 0.000000121. The number of aryl methyl sites for hydroxylation is 8. The van der Waals surface area contributed by atoms with E-state index >= 15 is 0 Å². The van der Waals surface area contributed by atoms with E-state index < -0.39 is 81.4 Å². The van der Waals surface area contributed by atoms with E-state index in [9.17, 15) is 61.5 Å². The predicted molar refractivity (Wildman–Crippen MR) is 525 cm³/mol. The molecule has 0 amide bonds. The molecule has 0 saturated heterocycles. The highest BCUT2D eigenvalue weighted by Gasteiger charge is 2.29. The summed E-state index contributed by atoms with van der Waals surface area (Å²) in [4.78, 5) is 0. The monoisotopic (exact) mass is 1840 g/mol.